The van der Waals surface area contributed by atoms with Gasteiger partial charge < -0.3 is 48.2 Å². The number of amides is 3. The van der Waals surface area contributed by atoms with Gasteiger partial charge in [0.05, 0.1) is 12.4 Å². The van der Waals surface area contributed by atoms with E-state index in [1.165, 1.54) is 19.4 Å². The van der Waals surface area contributed by atoms with Crippen molar-refractivity contribution in [1.29, 1.82) is 0 Å². The van der Waals surface area contributed by atoms with Crippen molar-refractivity contribution in [3.8, 4) is 0 Å². The monoisotopic (exact) mass is 568 g/mol. The number of benzene rings is 1. The van der Waals surface area contributed by atoms with Crippen molar-refractivity contribution in [2.24, 2.45) is 22.2 Å². The van der Waals surface area contributed by atoms with Gasteiger partial charge in [-0.2, -0.15) is 0 Å². The first-order chi connectivity index (χ1) is 19.5. The Hall–Kier alpha value is -4.92. The van der Waals surface area contributed by atoms with E-state index < -0.39 is 47.9 Å². The van der Waals surface area contributed by atoms with E-state index in [4.69, 9.17) is 17.2 Å². The molecule has 4 unspecified atom stereocenters. The minimum Gasteiger partial charge on any atom is -0.480 e. The predicted molar refractivity (Wildman–Crippen MR) is 151 cm³/mol. The fraction of sp³-hybridized carbons (Fsp3) is 0.385. The molecule has 0 spiro atoms. The smallest absolute Gasteiger partial charge is 0.325 e. The van der Waals surface area contributed by atoms with Gasteiger partial charge in [0.1, 0.15) is 18.1 Å². The summed E-state index contributed by atoms with van der Waals surface area (Å²) in [5.41, 5.74) is 18.8. The Balaban J connectivity index is 1.79. The van der Waals surface area contributed by atoms with Gasteiger partial charge in [0.15, 0.2) is 5.96 Å². The SMILES string of the molecule is CC(NC(=O)C(Cc1c[nH]c2ccccc12)NC(=O)C(Cc1cnc[nH]1)NC(=O)C(N)CCCN=C(N)N)C(=O)O. The summed E-state index contributed by atoms with van der Waals surface area (Å²) in [5.74, 6) is -3.23. The van der Waals surface area contributed by atoms with Crippen molar-refractivity contribution in [2.45, 2.75) is 56.8 Å². The Kier molecular flexibility index (Phi) is 10.8. The third kappa shape index (κ3) is 9.06. The largest absolute Gasteiger partial charge is 0.480 e. The average molecular weight is 569 g/mol. The number of H-pyrrole nitrogens is 2. The van der Waals surface area contributed by atoms with Crippen LogP contribution < -0.4 is 33.2 Å². The number of nitrogens with two attached hydrogens (primary N) is 3. The molecule has 0 aliphatic rings. The number of aromatic amines is 2. The molecule has 4 atom stereocenters. The van der Waals surface area contributed by atoms with E-state index >= 15 is 0 Å². The van der Waals surface area contributed by atoms with Crippen LogP contribution in [0.25, 0.3) is 10.9 Å². The molecule has 2 heterocycles. The lowest BCUT2D eigenvalue weighted by Crippen LogP contribution is -2.58. The fourth-order valence-corrected chi connectivity index (χ4v) is 4.13. The number of aromatic nitrogens is 3. The molecule has 0 aliphatic heterocycles. The third-order valence-corrected chi connectivity index (χ3v) is 6.38. The first-order valence-corrected chi connectivity index (χ1v) is 13.0. The number of carboxylic acids is 1. The summed E-state index contributed by atoms with van der Waals surface area (Å²) in [6.45, 7) is 1.61. The third-order valence-electron chi connectivity index (χ3n) is 6.38. The van der Waals surface area contributed by atoms with E-state index in [-0.39, 0.29) is 25.2 Å². The van der Waals surface area contributed by atoms with Crippen LogP contribution in [-0.4, -0.2) is 80.4 Å². The Morgan fingerprint density at radius 1 is 1.00 bits per heavy atom. The highest BCUT2D eigenvalue weighted by molar-refractivity contribution is 5.95. The summed E-state index contributed by atoms with van der Waals surface area (Å²) < 4.78 is 0. The number of para-hydroxylation sites is 1. The van der Waals surface area contributed by atoms with E-state index in [2.05, 4.69) is 35.9 Å². The highest BCUT2D eigenvalue weighted by Gasteiger charge is 2.30. The summed E-state index contributed by atoms with van der Waals surface area (Å²) in [6.07, 6.45) is 5.46. The van der Waals surface area contributed by atoms with E-state index in [0.717, 1.165) is 16.5 Å². The van der Waals surface area contributed by atoms with Crippen LogP contribution in [0.1, 0.15) is 31.0 Å². The van der Waals surface area contributed by atoms with Gasteiger partial charge in [-0.05, 0) is 31.4 Å². The van der Waals surface area contributed by atoms with Gasteiger partial charge in [-0.25, -0.2) is 4.98 Å². The molecule has 0 aliphatic carbocycles. The molecular formula is C26H36N10O5. The van der Waals surface area contributed by atoms with Gasteiger partial charge in [-0.3, -0.25) is 24.2 Å². The van der Waals surface area contributed by atoms with Gasteiger partial charge in [-0.15, -0.1) is 0 Å². The molecular weight excluding hydrogens is 532 g/mol. The van der Waals surface area contributed by atoms with Gasteiger partial charge >= 0.3 is 5.97 Å². The van der Waals surface area contributed by atoms with Crippen molar-refractivity contribution in [3.63, 3.8) is 0 Å². The molecule has 0 saturated heterocycles. The number of aliphatic imine (C=N–C) groups is 1. The van der Waals surface area contributed by atoms with Crippen LogP contribution in [0.5, 0.6) is 0 Å². The van der Waals surface area contributed by atoms with E-state index in [1.54, 1.807) is 6.20 Å². The summed E-state index contributed by atoms with van der Waals surface area (Å²) in [6, 6.07) is 3.03. The molecule has 0 bridgehead atoms. The highest BCUT2D eigenvalue weighted by atomic mass is 16.4. The van der Waals surface area contributed by atoms with Crippen molar-refractivity contribution in [1.82, 2.24) is 30.9 Å². The van der Waals surface area contributed by atoms with Crippen molar-refractivity contribution < 1.29 is 24.3 Å². The van der Waals surface area contributed by atoms with Crippen molar-refractivity contribution in [2.75, 3.05) is 6.54 Å². The first kappa shape index (κ1) is 30.6. The van der Waals surface area contributed by atoms with Crippen LogP contribution in [0, 0.1) is 0 Å². The molecule has 12 N–H and O–H groups in total. The van der Waals surface area contributed by atoms with Crippen LogP contribution in [-0.2, 0) is 32.0 Å². The molecule has 3 rings (SSSR count). The van der Waals surface area contributed by atoms with Crippen LogP contribution in [0.2, 0.25) is 0 Å². The maximum atomic E-state index is 13.5. The summed E-state index contributed by atoms with van der Waals surface area (Å²) in [5, 5.41) is 17.9. The average Bonchev–Trinajstić information content (AvgIpc) is 3.60. The van der Waals surface area contributed by atoms with Crippen molar-refractivity contribution in [3.05, 3.63) is 54.2 Å². The minimum absolute atomic E-state index is 0.0330. The van der Waals surface area contributed by atoms with E-state index in [1.807, 2.05) is 24.3 Å². The molecule has 41 heavy (non-hydrogen) atoms. The Bertz CT molecular complexity index is 1370. The number of hydrogen-bond acceptors (Lipinski definition) is 7. The molecule has 1 aromatic carbocycles. The lowest BCUT2D eigenvalue weighted by molar-refractivity contribution is -0.141. The zero-order valence-corrected chi connectivity index (χ0v) is 22.6. The molecule has 2 aromatic heterocycles. The number of rotatable bonds is 15. The molecule has 0 saturated carbocycles. The molecule has 3 aromatic rings. The quantitative estimate of drug-likeness (QED) is 0.0593. The number of aliphatic carboxylic acids is 1. The van der Waals surface area contributed by atoms with Crippen LogP contribution in [0.3, 0.4) is 0 Å². The maximum absolute atomic E-state index is 13.5. The van der Waals surface area contributed by atoms with E-state index in [0.29, 0.717) is 18.7 Å². The number of imidazole rings is 1. The lowest BCUT2D eigenvalue weighted by atomic mass is 10.0. The second-order valence-electron chi connectivity index (χ2n) is 9.59. The number of carbonyl (C=O) groups excluding carboxylic acids is 3. The van der Waals surface area contributed by atoms with Crippen LogP contribution in [0.4, 0.5) is 0 Å². The minimum atomic E-state index is -1.23. The second kappa shape index (κ2) is 14.5. The van der Waals surface area contributed by atoms with Crippen LogP contribution >= 0.6 is 0 Å². The van der Waals surface area contributed by atoms with Gasteiger partial charge in [0.25, 0.3) is 0 Å². The van der Waals surface area contributed by atoms with Gasteiger partial charge in [-0.1, -0.05) is 18.2 Å². The molecule has 0 fully saturated rings. The molecule has 15 nitrogen and oxygen atoms in total. The number of guanidine groups is 1. The standard InChI is InChI=1S/C26H36N10O5/c1-14(25(40)41)34-23(38)20(9-15-11-32-19-7-3-2-5-17(15)19)36-24(39)21(10-16-12-30-13-33-16)35-22(37)18(27)6-4-8-31-26(28)29/h2-3,5,7,11-14,18,20-21,32H,4,6,8-10,27H2,1H3,(H,30,33)(H,34,38)(H,35,37)(H,36,39)(H,40,41)(H4,28,29,31). The Morgan fingerprint density at radius 3 is 2.37 bits per heavy atom. The van der Waals surface area contributed by atoms with Crippen molar-refractivity contribution >= 4 is 40.6 Å². The molecule has 15 heteroatoms. The number of carbonyl (C=O) groups is 4. The second-order valence-corrected chi connectivity index (χ2v) is 9.59. The molecule has 3 amide bonds. The van der Waals surface area contributed by atoms with Gasteiger partial charge in [0.2, 0.25) is 17.7 Å². The Labute approximate surface area is 235 Å². The zero-order chi connectivity index (χ0) is 29.9. The number of hydrogen-bond donors (Lipinski definition) is 9. The predicted octanol–water partition coefficient (Wildman–Crippen LogP) is -1.38. The molecule has 220 valence electrons. The number of fused-ring (bicyclic) bond motifs is 1. The molecule has 0 radical (unpaired) electrons. The number of carboxylic acid groups (broad SMARTS) is 1. The maximum Gasteiger partial charge on any atom is 0.325 e. The van der Waals surface area contributed by atoms with E-state index in [9.17, 15) is 24.3 Å². The lowest BCUT2D eigenvalue weighted by Gasteiger charge is -2.24. The fourth-order valence-electron chi connectivity index (χ4n) is 4.13. The summed E-state index contributed by atoms with van der Waals surface area (Å²) in [7, 11) is 0. The van der Waals surface area contributed by atoms with Crippen LogP contribution in [0.15, 0.2) is 48.0 Å². The first-order valence-electron chi connectivity index (χ1n) is 13.0. The summed E-state index contributed by atoms with van der Waals surface area (Å²) in [4.78, 5) is 64.8. The zero-order valence-electron chi connectivity index (χ0n) is 22.6. The highest BCUT2D eigenvalue weighted by Crippen LogP contribution is 2.19. The normalized spacial score (nSPS) is 13.9. The van der Waals surface area contributed by atoms with Gasteiger partial charge in [0, 0.05) is 48.4 Å². The summed E-state index contributed by atoms with van der Waals surface area (Å²) >= 11 is 0. The number of nitrogens with zero attached hydrogens (tertiary/aromatic N) is 2. The Morgan fingerprint density at radius 2 is 1.68 bits per heavy atom. The topological polar surface area (TPSA) is 259 Å². The number of nitrogens with one attached hydrogen (secondary N) is 5.